The van der Waals surface area contributed by atoms with Crippen LogP contribution in [0.5, 0.6) is 0 Å². The first-order valence-corrected chi connectivity index (χ1v) is 6.67. The third-order valence-electron chi connectivity index (χ3n) is 2.98. The maximum Gasteiger partial charge on any atom is 0.225 e. The molecule has 0 atom stereocenters. The number of aromatic nitrogens is 1. The van der Waals surface area contributed by atoms with E-state index in [-0.39, 0.29) is 12.5 Å². The largest absolute Gasteiger partial charge is 0.396 e. The average molecular weight is 270 g/mol. The molecule has 1 aromatic carbocycles. The molecule has 0 radical (unpaired) electrons. The van der Waals surface area contributed by atoms with Crippen LogP contribution in [0.1, 0.15) is 17.5 Å². The molecule has 0 fully saturated rings. The third-order valence-corrected chi connectivity index (χ3v) is 2.98. The zero-order chi connectivity index (χ0) is 14.2. The van der Waals surface area contributed by atoms with Crippen LogP contribution in [0.3, 0.4) is 0 Å². The molecule has 2 rings (SSSR count). The smallest absolute Gasteiger partial charge is 0.225 e. The number of aryl methyl sites for hydroxylation is 1. The Bertz CT molecular complexity index is 555. The Balaban J connectivity index is 1.86. The number of hydrogen-bond acceptors (Lipinski definition) is 3. The number of anilines is 1. The SMILES string of the molecule is O=C(CCc1ccccc1)Nc1cc(CCO)ccn1. The molecule has 0 unspecified atom stereocenters. The van der Waals surface area contributed by atoms with Crippen LogP contribution in [0.25, 0.3) is 0 Å². The average Bonchev–Trinajstić information content (AvgIpc) is 2.47. The molecule has 1 amide bonds. The van der Waals surface area contributed by atoms with Gasteiger partial charge in [0.25, 0.3) is 0 Å². The molecule has 0 aliphatic carbocycles. The third kappa shape index (κ3) is 4.48. The first-order chi connectivity index (χ1) is 9.78. The lowest BCUT2D eigenvalue weighted by Crippen LogP contribution is -2.13. The van der Waals surface area contributed by atoms with E-state index in [1.165, 1.54) is 0 Å². The lowest BCUT2D eigenvalue weighted by Gasteiger charge is -2.06. The van der Waals surface area contributed by atoms with Crippen LogP contribution in [-0.4, -0.2) is 22.6 Å². The molecular weight excluding hydrogens is 252 g/mol. The van der Waals surface area contributed by atoms with E-state index in [4.69, 9.17) is 5.11 Å². The van der Waals surface area contributed by atoms with Gasteiger partial charge in [-0.15, -0.1) is 0 Å². The fraction of sp³-hybridized carbons (Fsp3) is 0.250. The summed E-state index contributed by atoms with van der Waals surface area (Å²) in [6.07, 6.45) is 3.34. The second-order valence-electron chi connectivity index (χ2n) is 4.56. The van der Waals surface area contributed by atoms with Crippen LogP contribution in [0.2, 0.25) is 0 Å². The van der Waals surface area contributed by atoms with Crippen molar-refractivity contribution in [3.05, 3.63) is 59.8 Å². The molecule has 0 bridgehead atoms. The summed E-state index contributed by atoms with van der Waals surface area (Å²) < 4.78 is 0. The van der Waals surface area contributed by atoms with Gasteiger partial charge in [-0.2, -0.15) is 0 Å². The summed E-state index contributed by atoms with van der Waals surface area (Å²) in [6, 6.07) is 13.5. The van der Waals surface area contributed by atoms with E-state index in [9.17, 15) is 4.79 Å². The lowest BCUT2D eigenvalue weighted by molar-refractivity contribution is -0.116. The highest BCUT2D eigenvalue weighted by atomic mass is 16.2. The Hall–Kier alpha value is -2.20. The van der Waals surface area contributed by atoms with E-state index in [2.05, 4.69) is 10.3 Å². The Morgan fingerprint density at radius 1 is 1.10 bits per heavy atom. The summed E-state index contributed by atoms with van der Waals surface area (Å²) >= 11 is 0. The van der Waals surface area contributed by atoms with Crippen LogP contribution < -0.4 is 5.32 Å². The summed E-state index contributed by atoms with van der Waals surface area (Å²) in [6.45, 7) is 0.0887. The summed E-state index contributed by atoms with van der Waals surface area (Å²) in [5, 5.41) is 11.7. The second-order valence-corrected chi connectivity index (χ2v) is 4.56. The first kappa shape index (κ1) is 14.2. The van der Waals surface area contributed by atoms with E-state index >= 15 is 0 Å². The van der Waals surface area contributed by atoms with Gasteiger partial charge in [-0.3, -0.25) is 4.79 Å². The van der Waals surface area contributed by atoms with Gasteiger partial charge in [0.2, 0.25) is 5.91 Å². The number of nitrogens with zero attached hydrogens (tertiary/aromatic N) is 1. The molecule has 2 N–H and O–H groups in total. The molecule has 4 heteroatoms. The van der Waals surface area contributed by atoms with E-state index in [0.717, 1.165) is 11.1 Å². The molecular formula is C16H18N2O2. The topological polar surface area (TPSA) is 62.2 Å². The van der Waals surface area contributed by atoms with Crippen LogP contribution in [-0.2, 0) is 17.6 Å². The van der Waals surface area contributed by atoms with Gasteiger partial charge < -0.3 is 10.4 Å². The molecule has 0 saturated carbocycles. The lowest BCUT2D eigenvalue weighted by atomic mass is 10.1. The van der Waals surface area contributed by atoms with Crippen molar-refractivity contribution in [1.29, 1.82) is 0 Å². The molecule has 20 heavy (non-hydrogen) atoms. The number of aliphatic hydroxyl groups excluding tert-OH is 1. The number of rotatable bonds is 6. The molecule has 0 saturated heterocycles. The van der Waals surface area contributed by atoms with Crippen molar-refractivity contribution in [1.82, 2.24) is 4.98 Å². The number of amides is 1. The van der Waals surface area contributed by atoms with Crippen LogP contribution in [0, 0.1) is 0 Å². The maximum absolute atomic E-state index is 11.9. The normalized spacial score (nSPS) is 10.2. The molecule has 0 aliphatic rings. The molecule has 4 nitrogen and oxygen atoms in total. The van der Waals surface area contributed by atoms with Gasteiger partial charge in [0.15, 0.2) is 0 Å². The van der Waals surface area contributed by atoms with Gasteiger partial charge in [-0.05, 0) is 36.1 Å². The molecule has 0 aliphatic heterocycles. The van der Waals surface area contributed by atoms with Gasteiger partial charge in [0.05, 0.1) is 0 Å². The van der Waals surface area contributed by atoms with Crippen LogP contribution >= 0.6 is 0 Å². The quantitative estimate of drug-likeness (QED) is 0.845. The highest BCUT2D eigenvalue weighted by Gasteiger charge is 2.04. The minimum atomic E-state index is -0.0532. The van der Waals surface area contributed by atoms with Gasteiger partial charge in [0, 0.05) is 19.2 Å². The molecule has 0 spiro atoms. The molecule has 1 heterocycles. The first-order valence-electron chi connectivity index (χ1n) is 6.67. The molecule has 104 valence electrons. The summed E-state index contributed by atoms with van der Waals surface area (Å²) in [4.78, 5) is 16.0. The van der Waals surface area contributed by atoms with Crippen LogP contribution in [0.4, 0.5) is 5.82 Å². The van der Waals surface area contributed by atoms with Gasteiger partial charge in [0.1, 0.15) is 5.82 Å². The fourth-order valence-electron chi connectivity index (χ4n) is 1.94. The summed E-state index contributed by atoms with van der Waals surface area (Å²) in [7, 11) is 0. The Labute approximate surface area is 118 Å². The molecule has 2 aromatic rings. The predicted octanol–water partition coefficient (Wildman–Crippen LogP) is 2.19. The monoisotopic (exact) mass is 270 g/mol. The van der Waals surface area contributed by atoms with Crippen molar-refractivity contribution >= 4 is 11.7 Å². The minimum Gasteiger partial charge on any atom is -0.396 e. The van der Waals surface area contributed by atoms with Crippen molar-refractivity contribution in [3.63, 3.8) is 0 Å². The number of carbonyl (C=O) groups is 1. The number of carbonyl (C=O) groups excluding carboxylic acids is 1. The van der Waals surface area contributed by atoms with Gasteiger partial charge in [-0.25, -0.2) is 4.98 Å². The van der Waals surface area contributed by atoms with Crippen molar-refractivity contribution < 1.29 is 9.90 Å². The maximum atomic E-state index is 11.9. The highest BCUT2D eigenvalue weighted by molar-refractivity contribution is 5.89. The Kier molecular flexibility index (Phi) is 5.26. The zero-order valence-electron chi connectivity index (χ0n) is 11.2. The summed E-state index contributed by atoms with van der Waals surface area (Å²) in [5.74, 6) is 0.483. The number of hydrogen-bond donors (Lipinski definition) is 2. The number of pyridine rings is 1. The highest BCUT2D eigenvalue weighted by Crippen LogP contribution is 2.09. The number of aliphatic hydroxyl groups is 1. The van der Waals surface area contributed by atoms with Crippen molar-refractivity contribution in [2.45, 2.75) is 19.3 Å². The standard InChI is InChI=1S/C16H18N2O2/c19-11-9-14-8-10-17-15(12-14)18-16(20)7-6-13-4-2-1-3-5-13/h1-5,8,10,12,19H,6-7,9,11H2,(H,17,18,20). The summed E-state index contributed by atoms with van der Waals surface area (Å²) in [5.41, 5.74) is 2.10. The van der Waals surface area contributed by atoms with Crippen molar-refractivity contribution in [3.8, 4) is 0 Å². The number of benzene rings is 1. The van der Waals surface area contributed by atoms with Crippen molar-refractivity contribution in [2.24, 2.45) is 0 Å². The van der Waals surface area contributed by atoms with Crippen molar-refractivity contribution in [2.75, 3.05) is 11.9 Å². The zero-order valence-corrected chi connectivity index (χ0v) is 11.2. The second kappa shape index (κ2) is 7.40. The Morgan fingerprint density at radius 3 is 2.65 bits per heavy atom. The van der Waals surface area contributed by atoms with Gasteiger partial charge in [-0.1, -0.05) is 30.3 Å². The van der Waals surface area contributed by atoms with E-state index < -0.39 is 0 Å². The Morgan fingerprint density at radius 2 is 1.90 bits per heavy atom. The fourth-order valence-corrected chi connectivity index (χ4v) is 1.94. The minimum absolute atomic E-state index is 0.0532. The van der Waals surface area contributed by atoms with E-state index in [0.29, 0.717) is 25.1 Å². The van der Waals surface area contributed by atoms with E-state index in [1.807, 2.05) is 36.4 Å². The van der Waals surface area contributed by atoms with Crippen LogP contribution in [0.15, 0.2) is 48.7 Å². The van der Waals surface area contributed by atoms with E-state index in [1.54, 1.807) is 12.3 Å². The van der Waals surface area contributed by atoms with Gasteiger partial charge >= 0.3 is 0 Å². The number of nitrogens with one attached hydrogen (secondary N) is 1. The molecule has 1 aromatic heterocycles. The predicted molar refractivity (Wildman–Crippen MR) is 78.4 cm³/mol.